The Hall–Kier alpha value is -0.620. The van der Waals surface area contributed by atoms with Gasteiger partial charge in [0.1, 0.15) is 5.56 Å². The van der Waals surface area contributed by atoms with Gasteiger partial charge in [0.15, 0.2) is 11.6 Å². The first-order chi connectivity index (χ1) is 7.34. The third-order valence-electron chi connectivity index (χ3n) is 1.70. The minimum Gasteiger partial charge on any atom is -0.487 e. The molecule has 0 aromatic heterocycles. The summed E-state index contributed by atoms with van der Waals surface area (Å²) in [6, 6.07) is 1.45. The molecule has 0 amide bonds. The summed E-state index contributed by atoms with van der Waals surface area (Å²) in [5.41, 5.74) is -0.432. The maximum atomic E-state index is 13.8. The highest BCUT2D eigenvalue weighted by molar-refractivity contribution is 9.11. The quantitative estimate of drug-likeness (QED) is 0.896. The lowest BCUT2D eigenvalue weighted by Gasteiger charge is -2.14. The minimum absolute atomic E-state index is 0.0874. The summed E-state index contributed by atoms with van der Waals surface area (Å²) in [5, 5.41) is 8.86. The molecule has 0 saturated carbocycles. The molecule has 0 unspecified atom stereocenters. The van der Waals surface area contributed by atoms with E-state index in [1.54, 1.807) is 13.8 Å². The first kappa shape index (κ1) is 13.4. The van der Waals surface area contributed by atoms with Crippen LogP contribution >= 0.6 is 31.9 Å². The highest BCUT2D eigenvalue weighted by Crippen LogP contribution is 2.35. The average Bonchev–Trinajstić information content (AvgIpc) is 2.10. The molecule has 0 heterocycles. The van der Waals surface area contributed by atoms with Crippen molar-refractivity contribution in [3.05, 3.63) is 26.4 Å². The number of halogens is 3. The Morgan fingerprint density at radius 1 is 1.44 bits per heavy atom. The summed E-state index contributed by atoms with van der Waals surface area (Å²) >= 11 is 6.11. The highest BCUT2D eigenvalue weighted by atomic mass is 79.9. The molecule has 0 bridgehead atoms. The van der Waals surface area contributed by atoms with Crippen molar-refractivity contribution < 1.29 is 19.0 Å². The van der Waals surface area contributed by atoms with Crippen molar-refractivity contribution in [3.8, 4) is 5.75 Å². The standard InChI is InChI=1S/C10H9Br2FO3/c1-4(2)16-9-6(12)3-5(11)7(8(9)13)10(14)15/h3-4H,1-2H3,(H,14,15). The molecule has 6 heteroatoms. The molecule has 3 nitrogen and oxygen atoms in total. The lowest BCUT2D eigenvalue weighted by Crippen LogP contribution is -2.11. The molecule has 0 aliphatic heterocycles. The zero-order chi connectivity index (χ0) is 12.5. The Labute approximate surface area is 109 Å². The molecule has 1 aromatic carbocycles. The number of aromatic carboxylic acids is 1. The van der Waals surface area contributed by atoms with Gasteiger partial charge in [-0.3, -0.25) is 0 Å². The molecule has 0 radical (unpaired) electrons. The monoisotopic (exact) mass is 354 g/mol. The second kappa shape index (κ2) is 5.14. The van der Waals surface area contributed by atoms with Gasteiger partial charge in [0, 0.05) is 4.47 Å². The van der Waals surface area contributed by atoms with Crippen molar-refractivity contribution in [1.82, 2.24) is 0 Å². The van der Waals surface area contributed by atoms with Crippen molar-refractivity contribution in [2.24, 2.45) is 0 Å². The van der Waals surface area contributed by atoms with E-state index in [1.807, 2.05) is 0 Å². The third-order valence-corrected chi connectivity index (χ3v) is 2.91. The van der Waals surface area contributed by atoms with Crippen LogP contribution in [0.25, 0.3) is 0 Å². The summed E-state index contributed by atoms with van der Waals surface area (Å²) < 4.78 is 19.6. The number of carbonyl (C=O) groups is 1. The van der Waals surface area contributed by atoms with Crippen molar-refractivity contribution in [2.75, 3.05) is 0 Å². The molecule has 0 spiro atoms. The number of hydrogen-bond donors (Lipinski definition) is 1. The Balaban J connectivity index is 3.39. The summed E-state index contributed by atoms with van der Waals surface area (Å²) in [5.74, 6) is -2.32. The maximum absolute atomic E-state index is 13.8. The molecule has 16 heavy (non-hydrogen) atoms. The van der Waals surface area contributed by atoms with Crippen LogP contribution in [0.3, 0.4) is 0 Å². The largest absolute Gasteiger partial charge is 0.487 e. The van der Waals surface area contributed by atoms with E-state index >= 15 is 0 Å². The van der Waals surface area contributed by atoms with Gasteiger partial charge in [0.25, 0.3) is 0 Å². The Bertz CT molecular complexity index is 433. The van der Waals surface area contributed by atoms with Crippen LogP contribution in [0.15, 0.2) is 15.0 Å². The first-order valence-electron chi connectivity index (χ1n) is 4.42. The Morgan fingerprint density at radius 3 is 2.44 bits per heavy atom. The topological polar surface area (TPSA) is 46.5 Å². The third kappa shape index (κ3) is 2.74. The molecule has 0 saturated heterocycles. The molecule has 0 aliphatic carbocycles. The van der Waals surface area contributed by atoms with E-state index in [-0.39, 0.29) is 16.3 Å². The predicted molar refractivity (Wildman–Crippen MR) is 64.5 cm³/mol. The zero-order valence-corrected chi connectivity index (χ0v) is 11.7. The van der Waals surface area contributed by atoms with Gasteiger partial charge in [-0.1, -0.05) is 0 Å². The SMILES string of the molecule is CC(C)Oc1c(Br)cc(Br)c(C(=O)O)c1F. The fourth-order valence-electron chi connectivity index (χ4n) is 1.11. The first-order valence-corrected chi connectivity index (χ1v) is 6.00. The van der Waals surface area contributed by atoms with E-state index in [2.05, 4.69) is 31.9 Å². The summed E-state index contributed by atoms with van der Waals surface area (Å²) in [7, 11) is 0. The molecule has 1 aromatic rings. The van der Waals surface area contributed by atoms with Crippen molar-refractivity contribution in [3.63, 3.8) is 0 Å². The Morgan fingerprint density at radius 2 is 2.00 bits per heavy atom. The molecule has 0 aliphatic rings. The van der Waals surface area contributed by atoms with Crippen LogP contribution in [0.1, 0.15) is 24.2 Å². The summed E-state index contributed by atoms with van der Waals surface area (Å²) in [6.07, 6.45) is -0.242. The fourth-order valence-corrected chi connectivity index (χ4v) is 2.49. The van der Waals surface area contributed by atoms with E-state index < -0.39 is 17.3 Å². The normalized spacial score (nSPS) is 10.6. The van der Waals surface area contributed by atoms with Gasteiger partial charge in [-0.2, -0.15) is 0 Å². The van der Waals surface area contributed by atoms with Gasteiger partial charge in [-0.05, 0) is 51.8 Å². The number of rotatable bonds is 3. The second-order valence-electron chi connectivity index (χ2n) is 3.33. The van der Waals surface area contributed by atoms with Crippen LogP contribution in [-0.2, 0) is 0 Å². The van der Waals surface area contributed by atoms with Gasteiger partial charge in [0.05, 0.1) is 10.6 Å². The van der Waals surface area contributed by atoms with Crippen molar-refractivity contribution in [1.29, 1.82) is 0 Å². The Kier molecular flexibility index (Phi) is 4.32. The fraction of sp³-hybridized carbons (Fsp3) is 0.300. The van der Waals surface area contributed by atoms with E-state index in [1.165, 1.54) is 6.07 Å². The number of hydrogen-bond acceptors (Lipinski definition) is 2. The smallest absolute Gasteiger partial charge is 0.339 e. The van der Waals surface area contributed by atoms with E-state index in [0.717, 1.165) is 0 Å². The van der Waals surface area contributed by atoms with Crippen LogP contribution < -0.4 is 4.74 Å². The van der Waals surface area contributed by atoms with Crippen LogP contribution in [0.4, 0.5) is 4.39 Å². The van der Waals surface area contributed by atoms with Crippen LogP contribution in [0.5, 0.6) is 5.75 Å². The van der Waals surface area contributed by atoms with Crippen molar-refractivity contribution >= 4 is 37.8 Å². The predicted octanol–water partition coefficient (Wildman–Crippen LogP) is 3.84. The van der Waals surface area contributed by atoms with Gasteiger partial charge < -0.3 is 9.84 Å². The van der Waals surface area contributed by atoms with E-state index in [9.17, 15) is 9.18 Å². The van der Waals surface area contributed by atoms with Gasteiger partial charge in [-0.25, -0.2) is 9.18 Å². The van der Waals surface area contributed by atoms with E-state index in [0.29, 0.717) is 4.47 Å². The van der Waals surface area contributed by atoms with Crippen LogP contribution in [-0.4, -0.2) is 17.2 Å². The van der Waals surface area contributed by atoms with Gasteiger partial charge in [0.2, 0.25) is 0 Å². The molecular formula is C10H9Br2FO3. The minimum atomic E-state index is -1.34. The van der Waals surface area contributed by atoms with Gasteiger partial charge in [-0.15, -0.1) is 0 Å². The molecule has 0 fully saturated rings. The molecule has 0 atom stereocenters. The number of ether oxygens (including phenoxy) is 1. The van der Waals surface area contributed by atoms with Crippen molar-refractivity contribution in [2.45, 2.75) is 20.0 Å². The van der Waals surface area contributed by atoms with Crippen LogP contribution in [0.2, 0.25) is 0 Å². The lowest BCUT2D eigenvalue weighted by atomic mass is 10.2. The molecule has 1 N–H and O–H groups in total. The zero-order valence-electron chi connectivity index (χ0n) is 8.55. The number of carboxylic acid groups (broad SMARTS) is 1. The highest BCUT2D eigenvalue weighted by Gasteiger charge is 2.22. The van der Waals surface area contributed by atoms with Gasteiger partial charge >= 0.3 is 5.97 Å². The summed E-state index contributed by atoms with van der Waals surface area (Å²) in [4.78, 5) is 10.9. The molecule has 88 valence electrons. The number of benzene rings is 1. The summed E-state index contributed by atoms with van der Waals surface area (Å²) in [6.45, 7) is 3.46. The van der Waals surface area contributed by atoms with Crippen LogP contribution in [0, 0.1) is 5.82 Å². The number of carboxylic acids is 1. The lowest BCUT2D eigenvalue weighted by molar-refractivity contribution is 0.0689. The second-order valence-corrected chi connectivity index (χ2v) is 5.04. The molecular weight excluding hydrogens is 347 g/mol. The molecule has 1 rings (SSSR count). The average molecular weight is 356 g/mol. The van der Waals surface area contributed by atoms with E-state index in [4.69, 9.17) is 9.84 Å². The maximum Gasteiger partial charge on any atom is 0.339 e.